The number of hydrogen-bond acceptors (Lipinski definition) is 4. The summed E-state index contributed by atoms with van der Waals surface area (Å²) < 4.78 is 4.81. The number of esters is 1. The predicted octanol–water partition coefficient (Wildman–Crippen LogP) is 1.17. The second-order valence-corrected chi connectivity index (χ2v) is 2.74. The predicted molar refractivity (Wildman–Crippen MR) is 44.9 cm³/mol. The van der Waals surface area contributed by atoms with Crippen LogP contribution in [0.15, 0.2) is 23.4 Å². The van der Waals surface area contributed by atoms with E-state index >= 15 is 0 Å². The molecule has 0 atom stereocenters. The zero-order valence-corrected chi connectivity index (χ0v) is 6.73. The molecule has 0 aliphatic carbocycles. The van der Waals surface area contributed by atoms with Gasteiger partial charge in [-0.2, -0.15) is 0 Å². The van der Waals surface area contributed by atoms with Gasteiger partial charge in [0.1, 0.15) is 6.61 Å². The lowest BCUT2D eigenvalue weighted by atomic mass is 10.1. The molecule has 4 nitrogen and oxygen atoms in total. The minimum absolute atomic E-state index is 0.289. The Morgan fingerprint density at radius 2 is 2.38 bits per heavy atom. The molecule has 0 aromatic heterocycles. The summed E-state index contributed by atoms with van der Waals surface area (Å²) in [6.07, 6.45) is 1.31. The standard InChI is InChI=1S/C9H7NO3/c11-9-8-2-1-6(4-10-12)3-7(8)5-13-9/h1-4,12H,5H2/b10-4-. The minimum atomic E-state index is -0.289. The molecule has 0 unspecified atom stereocenters. The van der Waals surface area contributed by atoms with Gasteiger partial charge < -0.3 is 9.94 Å². The van der Waals surface area contributed by atoms with Crippen molar-refractivity contribution < 1.29 is 14.7 Å². The van der Waals surface area contributed by atoms with Crippen LogP contribution in [-0.4, -0.2) is 17.4 Å². The molecule has 0 fully saturated rings. The topological polar surface area (TPSA) is 58.9 Å². The Morgan fingerprint density at radius 1 is 1.54 bits per heavy atom. The van der Waals surface area contributed by atoms with Gasteiger partial charge in [-0.25, -0.2) is 4.79 Å². The van der Waals surface area contributed by atoms with E-state index in [-0.39, 0.29) is 5.97 Å². The fourth-order valence-corrected chi connectivity index (χ4v) is 1.30. The van der Waals surface area contributed by atoms with Crippen LogP contribution in [0.2, 0.25) is 0 Å². The van der Waals surface area contributed by atoms with Gasteiger partial charge in [-0.3, -0.25) is 0 Å². The van der Waals surface area contributed by atoms with Crippen LogP contribution in [0.1, 0.15) is 21.5 Å². The Bertz CT molecular complexity index is 384. The van der Waals surface area contributed by atoms with Gasteiger partial charge in [-0.05, 0) is 17.7 Å². The third-order valence-corrected chi connectivity index (χ3v) is 1.91. The second kappa shape index (κ2) is 2.90. The Hall–Kier alpha value is -1.84. The molecule has 0 bridgehead atoms. The first-order valence-electron chi connectivity index (χ1n) is 3.79. The molecule has 1 heterocycles. The number of ether oxygens (including phenoxy) is 1. The minimum Gasteiger partial charge on any atom is -0.457 e. The molecule has 1 aromatic carbocycles. The highest BCUT2D eigenvalue weighted by Crippen LogP contribution is 2.20. The van der Waals surface area contributed by atoms with Crippen molar-refractivity contribution in [3.63, 3.8) is 0 Å². The molecule has 2 rings (SSSR count). The summed E-state index contributed by atoms with van der Waals surface area (Å²) in [5.74, 6) is -0.289. The molecule has 0 saturated carbocycles. The van der Waals surface area contributed by atoms with Gasteiger partial charge in [-0.1, -0.05) is 11.2 Å². The monoisotopic (exact) mass is 177 g/mol. The van der Waals surface area contributed by atoms with Gasteiger partial charge in [-0.15, -0.1) is 0 Å². The van der Waals surface area contributed by atoms with Crippen molar-refractivity contribution in [3.05, 3.63) is 34.9 Å². The van der Waals surface area contributed by atoms with E-state index in [4.69, 9.17) is 9.94 Å². The van der Waals surface area contributed by atoms with E-state index < -0.39 is 0 Å². The molecule has 66 valence electrons. The highest BCUT2D eigenvalue weighted by Gasteiger charge is 2.20. The SMILES string of the molecule is O=C1OCc2cc(/C=N\O)ccc21. The summed E-state index contributed by atoms with van der Waals surface area (Å²) in [5.41, 5.74) is 2.18. The van der Waals surface area contributed by atoms with Gasteiger partial charge in [0.25, 0.3) is 0 Å². The third-order valence-electron chi connectivity index (χ3n) is 1.91. The summed E-state index contributed by atoms with van der Waals surface area (Å²) >= 11 is 0. The Balaban J connectivity index is 2.45. The molecule has 0 radical (unpaired) electrons. The van der Waals surface area contributed by atoms with Gasteiger partial charge in [0.15, 0.2) is 0 Å². The zero-order chi connectivity index (χ0) is 9.26. The molecule has 1 N–H and O–H groups in total. The van der Waals surface area contributed by atoms with Crippen molar-refractivity contribution in [3.8, 4) is 0 Å². The first-order chi connectivity index (χ1) is 6.31. The summed E-state index contributed by atoms with van der Waals surface area (Å²) in [4.78, 5) is 11.0. The lowest BCUT2D eigenvalue weighted by Crippen LogP contribution is -1.93. The van der Waals surface area contributed by atoms with Gasteiger partial charge in [0.2, 0.25) is 0 Å². The quantitative estimate of drug-likeness (QED) is 0.303. The van der Waals surface area contributed by atoms with Crippen molar-refractivity contribution in [2.24, 2.45) is 5.16 Å². The highest BCUT2D eigenvalue weighted by molar-refractivity contribution is 5.94. The van der Waals surface area contributed by atoms with Crippen molar-refractivity contribution in [1.82, 2.24) is 0 Å². The first-order valence-corrected chi connectivity index (χ1v) is 3.79. The lowest BCUT2D eigenvalue weighted by Gasteiger charge is -1.94. The molecule has 1 aliphatic heterocycles. The maximum atomic E-state index is 11.0. The maximum Gasteiger partial charge on any atom is 0.338 e. The molecule has 4 heteroatoms. The third kappa shape index (κ3) is 1.26. The van der Waals surface area contributed by atoms with Crippen LogP contribution in [0.3, 0.4) is 0 Å². The molecule has 0 spiro atoms. The van der Waals surface area contributed by atoms with Crippen LogP contribution in [-0.2, 0) is 11.3 Å². The van der Waals surface area contributed by atoms with Crippen LogP contribution in [0.25, 0.3) is 0 Å². The van der Waals surface area contributed by atoms with Crippen LogP contribution >= 0.6 is 0 Å². The molecule has 0 amide bonds. The Morgan fingerprint density at radius 3 is 3.15 bits per heavy atom. The van der Waals surface area contributed by atoms with E-state index in [2.05, 4.69) is 5.16 Å². The molecular formula is C9H7NO3. The lowest BCUT2D eigenvalue weighted by molar-refractivity contribution is 0.0535. The number of hydrogen-bond donors (Lipinski definition) is 1. The second-order valence-electron chi connectivity index (χ2n) is 2.74. The first kappa shape index (κ1) is 7.79. The van der Waals surface area contributed by atoms with E-state index in [1.807, 2.05) is 0 Å². The zero-order valence-electron chi connectivity index (χ0n) is 6.73. The summed E-state index contributed by atoms with van der Waals surface area (Å²) in [6.45, 7) is 0.307. The highest BCUT2D eigenvalue weighted by atomic mass is 16.5. The van der Waals surface area contributed by atoms with Gasteiger partial charge in [0, 0.05) is 5.56 Å². The number of fused-ring (bicyclic) bond motifs is 1. The molecule has 1 aliphatic rings. The van der Waals surface area contributed by atoms with E-state index in [1.54, 1.807) is 18.2 Å². The molecule has 13 heavy (non-hydrogen) atoms. The fraction of sp³-hybridized carbons (Fsp3) is 0.111. The number of carbonyl (C=O) groups is 1. The van der Waals surface area contributed by atoms with Crippen LogP contribution in [0.5, 0.6) is 0 Å². The summed E-state index contributed by atoms with van der Waals surface area (Å²) in [6, 6.07) is 5.13. The van der Waals surface area contributed by atoms with Crippen LogP contribution in [0.4, 0.5) is 0 Å². The number of oxime groups is 1. The average molecular weight is 177 g/mol. The number of cyclic esters (lactones) is 1. The van der Waals surface area contributed by atoms with E-state index in [9.17, 15) is 4.79 Å². The maximum absolute atomic E-state index is 11.0. The number of nitrogens with zero attached hydrogens (tertiary/aromatic N) is 1. The van der Waals surface area contributed by atoms with E-state index in [0.29, 0.717) is 12.2 Å². The normalized spacial score (nSPS) is 14.6. The van der Waals surface area contributed by atoms with Crippen LogP contribution < -0.4 is 0 Å². The van der Waals surface area contributed by atoms with Gasteiger partial charge >= 0.3 is 5.97 Å². The summed E-state index contributed by atoms with van der Waals surface area (Å²) in [5, 5.41) is 11.2. The number of benzene rings is 1. The average Bonchev–Trinajstić information content (AvgIpc) is 2.48. The Labute approximate surface area is 74.4 Å². The molecular weight excluding hydrogens is 170 g/mol. The number of carbonyl (C=O) groups excluding carboxylic acids is 1. The largest absolute Gasteiger partial charge is 0.457 e. The van der Waals surface area contributed by atoms with Crippen LogP contribution in [0, 0.1) is 0 Å². The van der Waals surface area contributed by atoms with Crippen molar-refractivity contribution in [1.29, 1.82) is 0 Å². The number of rotatable bonds is 1. The van der Waals surface area contributed by atoms with E-state index in [1.165, 1.54) is 6.21 Å². The van der Waals surface area contributed by atoms with Crippen molar-refractivity contribution in [2.45, 2.75) is 6.61 Å². The van der Waals surface area contributed by atoms with Crippen molar-refractivity contribution in [2.75, 3.05) is 0 Å². The van der Waals surface area contributed by atoms with Gasteiger partial charge in [0.05, 0.1) is 11.8 Å². The fourth-order valence-electron chi connectivity index (χ4n) is 1.30. The smallest absolute Gasteiger partial charge is 0.338 e. The van der Waals surface area contributed by atoms with E-state index in [0.717, 1.165) is 11.1 Å². The molecule has 1 aromatic rings. The molecule has 0 saturated heterocycles. The summed E-state index contributed by atoms with van der Waals surface area (Å²) in [7, 11) is 0. The van der Waals surface area contributed by atoms with Crippen molar-refractivity contribution >= 4 is 12.2 Å². The Kier molecular flexibility index (Phi) is 1.73.